The molecule has 2 atom stereocenters. The van der Waals surface area contributed by atoms with Gasteiger partial charge in [-0.1, -0.05) is 6.42 Å². The van der Waals surface area contributed by atoms with E-state index in [2.05, 4.69) is 10.2 Å². The quantitative estimate of drug-likeness (QED) is 0.631. The SMILES string of the molecule is OC1CCCC1c1ccn[nH]1. The van der Waals surface area contributed by atoms with Crippen LogP contribution in [0.5, 0.6) is 0 Å². The third-order valence-electron chi connectivity index (χ3n) is 2.40. The van der Waals surface area contributed by atoms with Crippen molar-refractivity contribution in [3.05, 3.63) is 18.0 Å². The lowest BCUT2D eigenvalue weighted by molar-refractivity contribution is 0.162. The number of nitrogens with one attached hydrogen (secondary N) is 1. The van der Waals surface area contributed by atoms with Gasteiger partial charge in [0.2, 0.25) is 0 Å². The molecule has 2 rings (SSSR count). The van der Waals surface area contributed by atoms with E-state index in [4.69, 9.17) is 0 Å². The normalized spacial score (nSPS) is 31.0. The number of H-pyrrole nitrogens is 1. The Labute approximate surface area is 65.4 Å². The Morgan fingerprint density at radius 1 is 1.55 bits per heavy atom. The van der Waals surface area contributed by atoms with Crippen molar-refractivity contribution in [3.8, 4) is 0 Å². The molecule has 2 unspecified atom stereocenters. The monoisotopic (exact) mass is 152 g/mol. The van der Waals surface area contributed by atoms with Gasteiger partial charge in [0.15, 0.2) is 0 Å². The van der Waals surface area contributed by atoms with E-state index in [0.717, 1.165) is 25.0 Å². The Kier molecular flexibility index (Phi) is 1.66. The largest absolute Gasteiger partial charge is 0.392 e. The van der Waals surface area contributed by atoms with Gasteiger partial charge in [0.05, 0.1) is 6.10 Å². The molecule has 60 valence electrons. The topological polar surface area (TPSA) is 48.9 Å². The maximum absolute atomic E-state index is 9.51. The number of aromatic nitrogens is 2. The van der Waals surface area contributed by atoms with Gasteiger partial charge in [-0.15, -0.1) is 0 Å². The van der Waals surface area contributed by atoms with Crippen molar-refractivity contribution in [1.29, 1.82) is 0 Å². The van der Waals surface area contributed by atoms with Gasteiger partial charge in [-0.2, -0.15) is 5.10 Å². The van der Waals surface area contributed by atoms with Gasteiger partial charge in [-0.05, 0) is 18.9 Å². The second-order valence-corrected chi connectivity index (χ2v) is 3.12. The van der Waals surface area contributed by atoms with Crippen molar-refractivity contribution in [2.45, 2.75) is 31.3 Å². The van der Waals surface area contributed by atoms with Crippen LogP contribution in [-0.2, 0) is 0 Å². The number of rotatable bonds is 1. The van der Waals surface area contributed by atoms with Crippen LogP contribution >= 0.6 is 0 Å². The van der Waals surface area contributed by atoms with Crippen LogP contribution in [0.25, 0.3) is 0 Å². The van der Waals surface area contributed by atoms with Crippen LogP contribution in [0, 0.1) is 0 Å². The fraction of sp³-hybridized carbons (Fsp3) is 0.625. The Morgan fingerprint density at radius 2 is 2.45 bits per heavy atom. The van der Waals surface area contributed by atoms with Crippen LogP contribution in [0.1, 0.15) is 30.9 Å². The van der Waals surface area contributed by atoms with Gasteiger partial charge in [0.1, 0.15) is 0 Å². The van der Waals surface area contributed by atoms with Crippen LogP contribution in [0.3, 0.4) is 0 Å². The first-order chi connectivity index (χ1) is 5.38. The molecule has 0 aliphatic heterocycles. The summed E-state index contributed by atoms with van der Waals surface area (Å²) in [6, 6.07) is 1.94. The van der Waals surface area contributed by atoms with E-state index in [1.54, 1.807) is 6.20 Å². The molecule has 2 N–H and O–H groups in total. The van der Waals surface area contributed by atoms with Crippen LogP contribution < -0.4 is 0 Å². The van der Waals surface area contributed by atoms with Crippen LogP contribution in [-0.4, -0.2) is 21.4 Å². The summed E-state index contributed by atoms with van der Waals surface area (Å²) in [6.07, 6.45) is 4.73. The van der Waals surface area contributed by atoms with Crippen molar-refractivity contribution < 1.29 is 5.11 Å². The van der Waals surface area contributed by atoms with Gasteiger partial charge in [-0.25, -0.2) is 0 Å². The molecular formula is C8H12N2O. The smallest absolute Gasteiger partial charge is 0.0623 e. The van der Waals surface area contributed by atoms with Crippen molar-refractivity contribution in [3.63, 3.8) is 0 Å². The average Bonchev–Trinajstić information content (AvgIpc) is 2.55. The lowest BCUT2D eigenvalue weighted by Gasteiger charge is -2.10. The van der Waals surface area contributed by atoms with Gasteiger partial charge >= 0.3 is 0 Å². The first-order valence-electron chi connectivity index (χ1n) is 4.05. The lowest BCUT2D eigenvalue weighted by Crippen LogP contribution is -2.11. The summed E-state index contributed by atoms with van der Waals surface area (Å²) >= 11 is 0. The van der Waals surface area contributed by atoms with Gasteiger partial charge in [-0.3, -0.25) is 5.10 Å². The molecule has 0 aromatic carbocycles. The summed E-state index contributed by atoms with van der Waals surface area (Å²) in [4.78, 5) is 0. The first kappa shape index (κ1) is 6.85. The second kappa shape index (κ2) is 2.66. The number of hydrogen-bond acceptors (Lipinski definition) is 2. The number of hydrogen-bond donors (Lipinski definition) is 2. The molecule has 0 bridgehead atoms. The fourth-order valence-corrected chi connectivity index (χ4v) is 1.78. The number of aliphatic hydroxyl groups excluding tert-OH is 1. The molecule has 1 aromatic rings. The number of nitrogens with zero attached hydrogens (tertiary/aromatic N) is 1. The fourth-order valence-electron chi connectivity index (χ4n) is 1.78. The Morgan fingerprint density at radius 3 is 3.00 bits per heavy atom. The maximum Gasteiger partial charge on any atom is 0.0623 e. The third-order valence-corrected chi connectivity index (χ3v) is 2.40. The molecule has 0 spiro atoms. The predicted molar refractivity (Wildman–Crippen MR) is 41.2 cm³/mol. The highest BCUT2D eigenvalue weighted by Crippen LogP contribution is 2.32. The maximum atomic E-state index is 9.51. The number of aromatic amines is 1. The Hall–Kier alpha value is -0.830. The molecule has 11 heavy (non-hydrogen) atoms. The van der Waals surface area contributed by atoms with E-state index in [1.165, 1.54) is 0 Å². The van der Waals surface area contributed by atoms with E-state index in [9.17, 15) is 5.11 Å². The summed E-state index contributed by atoms with van der Waals surface area (Å²) in [7, 11) is 0. The van der Waals surface area contributed by atoms with Crippen LogP contribution in [0.15, 0.2) is 12.3 Å². The summed E-state index contributed by atoms with van der Waals surface area (Å²) in [5.41, 5.74) is 1.08. The van der Waals surface area contributed by atoms with Crippen molar-refractivity contribution >= 4 is 0 Å². The third kappa shape index (κ3) is 1.16. The number of aliphatic hydroxyl groups is 1. The summed E-state index contributed by atoms with van der Waals surface area (Å²) in [5.74, 6) is 0.303. The molecule has 1 aromatic heterocycles. The van der Waals surface area contributed by atoms with Crippen LogP contribution in [0.4, 0.5) is 0 Å². The average molecular weight is 152 g/mol. The van der Waals surface area contributed by atoms with E-state index in [0.29, 0.717) is 5.92 Å². The molecule has 3 heteroatoms. The zero-order chi connectivity index (χ0) is 7.68. The molecule has 1 fully saturated rings. The minimum absolute atomic E-state index is 0.157. The molecular weight excluding hydrogens is 140 g/mol. The van der Waals surface area contributed by atoms with Crippen molar-refractivity contribution in [1.82, 2.24) is 10.2 Å². The van der Waals surface area contributed by atoms with Crippen molar-refractivity contribution in [2.75, 3.05) is 0 Å². The molecule has 3 nitrogen and oxygen atoms in total. The predicted octanol–water partition coefficient (Wildman–Crippen LogP) is 1.04. The summed E-state index contributed by atoms with van der Waals surface area (Å²) < 4.78 is 0. The highest BCUT2D eigenvalue weighted by Gasteiger charge is 2.27. The molecule has 0 amide bonds. The minimum atomic E-state index is -0.157. The highest BCUT2D eigenvalue weighted by molar-refractivity contribution is 5.09. The van der Waals surface area contributed by atoms with Gasteiger partial charge in [0.25, 0.3) is 0 Å². The van der Waals surface area contributed by atoms with Crippen molar-refractivity contribution in [2.24, 2.45) is 0 Å². The Balaban J connectivity index is 2.16. The van der Waals surface area contributed by atoms with E-state index in [-0.39, 0.29) is 6.10 Å². The Bertz CT molecular complexity index is 220. The molecule has 1 aliphatic carbocycles. The second-order valence-electron chi connectivity index (χ2n) is 3.12. The van der Waals surface area contributed by atoms with E-state index in [1.807, 2.05) is 6.07 Å². The van der Waals surface area contributed by atoms with E-state index >= 15 is 0 Å². The minimum Gasteiger partial charge on any atom is -0.392 e. The first-order valence-corrected chi connectivity index (χ1v) is 4.05. The zero-order valence-electron chi connectivity index (χ0n) is 6.33. The summed E-state index contributed by atoms with van der Waals surface area (Å²) in [6.45, 7) is 0. The van der Waals surface area contributed by atoms with Gasteiger partial charge in [0, 0.05) is 17.8 Å². The van der Waals surface area contributed by atoms with Gasteiger partial charge < -0.3 is 5.11 Å². The van der Waals surface area contributed by atoms with Crippen LogP contribution in [0.2, 0.25) is 0 Å². The standard InChI is InChI=1S/C8H12N2O/c11-8-3-1-2-6(8)7-4-5-9-10-7/h4-6,8,11H,1-3H2,(H,9,10). The zero-order valence-corrected chi connectivity index (χ0v) is 6.33. The molecule has 0 saturated heterocycles. The molecule has 1 saturated carbocycles. The highest BCUT2D eigenvalue weighted by atomic mass is 16.3. The van der Waals surface area contributed by atoms with E-state index < -0.39 is 0 Å². The molecule has 1 aliphatic rings. The lowest BCUT2D eigenvalue weighted by atomic mass is 10.0. The summed E-state index contributed by atoms with van der Waals surface area (Å²) in [5, 5.41) is 16.3. The molecule has 1 heterocycles. The molecule has 0 radical (unpaired) electrons.